The van der Waals surface area contributed by atoms with Crippen molar-refractivity contribution in [3.63, 3.8) is 0 Å². The first kappa shape index (κ1) is 15.0. The predicted molar refractivity (Wildman–Crippen MR) is 72.6 cm³/mol. The molecular formula is C14H19ClFNO. The van der Waals surface area contributed by atoms with E-state index in [0.29, 0.717) is 23.9 Å². The van der Waals surface area contributed by atoms with Crippen LogP contribution in [-0.4, -0.2) is 18.3 Å². The molecule has 0 fully saturated rings. The van der Waals surface area contributed by atoms with E-state index in [1.54, 1.807) is 13.0 Å². The first-order valence-corrected chi connectivity index (χ1v) is 6.71. The molecule has 1 amide bonds. The fraction of sp³-hybridized carbons (Fsp3) is 0.500. The lowest BCUT2D eigenvalue weighted by Crippen LogP contribution is -2.29. The normalized spacial score (nSPS) is 12.2. The van der Waals surface area contributed by atoms with Crippen LogP contribution in [0.1, 0.15) is 35.7 Å². The zero-order valence-electron chi connectivity index (χ0n) is 10.8. The summed E-state index contributed by atoms with van der Waals surface area (Å²) < 4.78 is 13.2. The number of benzene rings is 1. The zero-order valence-corrected chi connectivity index (χ0v) is 11.6. The highest BCUT2D eigenvalue weighted by Gasteiger charge is 2.11. The second-order valence-electron chi connectivity index (χ2n) is 4.48. The van der Waals surface area contributed by atoms with Gasteiger partial charge in [0.1, 0.15) is 5.82 Å². The Labute approximate surface area is 113 Å². The van der Waals surface area contributed by atoms with E-state index in [-0.39, 0.29) is 11.7 Å². The summed E-state index contributed by atoms with van der Waals surface area (Å²) in [6, 6.07) is 4.34. The molecule has 18 heavy (non-hydrogen) atoms. The highest BCUT2D eigenvalue weighted by atomic mass is 35.5. The van der Waals surface area contributed by atoms with Crippen LogP contribution in [0.15, 0.2) is 18.2 Å². The quantitative estimate of drug-likeness (QED) is 0.788. The Bertz CT molecular complexity index is 389. The van der Waals surface area contributed by atoms with Crippen LogP contribution in [0.4, 0.5) is 4.39 Å². The topological polar surface area (TPSA) is 29.1 Å². The molecule has 1 aromatic carbocycles. The van der Waals surface area contributed by atoms with Crippen LogP contribution in [0, 0.1) is 18.7 Å². The average Bonchev–Trinajstić information content (AvgIpc) is 2.32. The van der Waals surface area contributed by atoms with Gasteiger partial charge in [0.05, 0.1) is 0 Å². The van der Waals surface area contributed by atoms with Crippen LogP contribution in [0.25, 0.3) is 0 Å². The summed E-state index contributed by atoms with van der Waals surface area (Å²) in [5, 5.41) is 2.82. The Morgan fingerprint density at radius 3 is 2.72 bits per heavy atom. The van der Waals surface area contributed by atoms with Gasteiger partial charge in [0.2, 0.25) is 0 Å². The highest BCUT2D eigenvalue weighted by Crippen LogP contribution is 2.10. The van der Waals surface area contributed by atoms with Crippen LogP contribution in [-0.2, 0) is 0 Å². The number of aryl methyl sites for hydroxylation is 1. The van der Waals surface area contributed by atoms with E-state index in [2.05, 4.69) is 12.2 Å². The number of alkyl halides is 1. The molecule has 0 aromatic heterocycles. The van der Waals surface area contributed by atoms with E-state index < -0.39 is 0 Å². The number of carbonyl (C=O) groups excluding carboxylic acids is 1. The molecule has 0 radical (unpaired) electrons. The Balaban J connectivity index is 2.59. The lowest BCUT2D eigenvalue weighted by molar-refractivity contribution is 0.0946. The van der Waals surface area contributed by atoms with E-state index in [9.17, 15) is 9.18 Å². The van der Waals surface area contributed by atoms with Gasteiger partial charge in [0, 0.05) is 18.0 Å². The molecule has 4 heteroatoms. The van der Waals surface area contributed by atoms with E-state index in [1.807, 2.05) is 0 Å². The van der Waals surface area contributed by atoms with Crippen LogP contribution in [0.5, 0.6) is 0 Å². The smallest absolute Gasteiger partial charge is 0.251 e. The minimum Gasteiger partial charge on any atom is -0.352 e. The SMILES string of the molecule is CCC(CCCl)CNC(=O)c1cc(C)cc(F)c1. The van der Waals surface area contributed by atoms with Crippen molar-refractivity contribution in [1.29, 1.82) is 0 Å². The van der Waals surface area contributed by atoms with Crippen LogP contribution in [0.2, 0.25) is 0 Å². The Morgan fingerprint density at radius 1 is 1.44 bits per heavy atom. The molecule has 1 aromatic rings. The lowest BCUT2D eigenvalue weighted by Gasteiger charge is -2.14. The van der Waals surface area contributed by atoms with Crippen molar-refractivity contribution < 1.29 is 9.18 Å². The maximum Gasteiger partial charge on any atom is 0.251 e. The minimum atomic E-state index is -0.382. The van der Waals surface area contributed by atoms with Crippen molar-refractivity contribution in [2.24, 2.45) is 5.92 Å². The standard InChI is InChI=1S/C14H19ClFNO/c1-3-11(4-5-15)9-17-14(18)12-6-10(2)7-13(16)8-12/h6-8,11H,3-5,9H2,1-2H3,(H,17,18). The fourth-order valence-electron chi connectivity index (χ4n) is 1.81. The molecule has 0 bridgehead atoms. The van der Waals surface area contributed by atoms with Gasteiger partial charge in [0.25, 0.3) is 5.91 Å². The molecule has 1 atom stereocenters. The first-order valence-electron chi connectivity index (χ1n) is 6.18. The van der Waals surface area contributed by atoms with Crippen LogP contribution in [0.3, 0.4) is 0 Å². The molecule has 1 unspecified atom stereocenters. The monoisotopic (exact) mass is 271 g/mol. The third kappa shape index (κ3) is 4.65. The summed E-state index contributed by atoms with van der Waals surface area (Å²) in [6.45, 7) is 4.41. The van der Waals surface area contributed by atoms with Crippen molar-refractivity contribution in [2.45, 2.75) is 26.7 Å². The fourth-order valence-corrected chi connectivity index (χ4v) is 2.12. The summed E-state index contributed by atoms with van der Waals surface area (Å²) in [7, 11) is 0. The molecule has 0 spiro atoms. The van der Waals surface area contributed by atoms with E-state index in [1.165, 1.54) is 12.1 Å². The molecule has 1 rings (SSSR count). The molecule has 100 valence electrons. The van der Waals surface area contributed by atoms with Crippen molar-refractivity contribution >= 4 is 17.5 Å². The number of carbonyl (C=O) groups is 1. The van der Waals surface area contributed by atoms with Gasteiger partial charge in [-0.15, -0.1) is 11.6 Å². The maximum atomic E-state index is 13.2. The van der Waals surface area contributed by atoms with Crippen molar-refractivity contribution in [1.82, 2.24) is 5.32 Å². The number of hydrogen-bond acceptors (Lipinski definition) is 1. The van der Waals surface area contributed by atoms with Crippen molar-refractivity contribution in [2.75, 3.05) is 12.4 Å². The van der Waals surface area contributed by atoms with Gasteiger partial charge < -0.3 is 5.32 Å². The number of nitrogens with one attached hydrogen (secondary N) is 1. The van der Waals surface area contributed by atoms with E-state index in [0.717, 1.165) is 18.4 Å². The van der Waals surface area contributed by atoms with E-state index in [4.69, 9.17) is 11.6 Å². The third-order valence-electron chi connectivity index (χ3n) is 2.95. The van der Waals surface area contributed by atoms with Gasteiger partial charge in [-0.05, 0) is 43.0 Å². The van der Waals surface area contributed by atoms with Crippen molar-refractivity contribution in [3.05, 3.63) is 35.1 Å². The Morgan fingerprint density at radius 2 is 2.17 bits per heavy atom. The molecule has 0 aliphatic carbocycles. The minimum absolute atomic E-state index is 0.231. The van der Waals surface area contributed by atoms with Gasteiger partial charge in [-0.1, -0.05) is 13.3 Å². The predicted octanol–water partition coefficient (Wildman–Crippen LogP) is 3.52. The highest BCUT2D eigenvalue weighted by molar-refractivity contribution is 6.17. The number of hydrogen-bond donors (Lipinski definition) is 1. The maximum absolute atomic E-state index is 13.2. The van der Waals surface area contributed by atoms with Gasteiger partial charge in [0.15, 0.2) is 0 Å². The molecular weight excluding hydrogens is 253 g/mol. The van der Waals surface area contributed by atoms with Crippen molar-refractivity contribution in [3.8, 4) is 0 Å². The summed E-state index contributed by atoms with van der Waals surface area (Å²) in [4.78, 5) is 11.9. The number of amides is 1. The Kier molecular flexibility index (Phi) is 6.13. The lowest BCUT2D eigenvalue weighted by atomic mass is 10.0. The average molecular weight is 272 g/mol. The third-order valence-corrected chi connectivity index (χ3v) is 3.17. The van der Waals surface area contributed by atoms with Gasteiger partial charge in [-0.2, -0.15) is 0 Å². The zero-order chi connectivity index (χ0) is 13.5. The largest absolute Gasteiger partial charge is 0.352 e. The molecule has 0 aliphatic rings. The molecule has 0 saturated heterocycles. The molecule has 2 nitrogen and oxygen atoms in total. The molecule has 0 heterocycles. The number of halogens is 2. The number of rotatable bonds is 6. The molecule has 0 aliphatic heterocycles. The van der Waals surface area contributed by atoms with Crippen LogP contribution < -0.4 is 5.32 Å². The van der Waals surface area contributed by atoms with E-state index >= 15 is 0 Å². The summed E-state index contributed by atoms with van der Waals surface area (Å²) in [5.41, 5.74) is 1.11. The second kappa shape index (κ2) is 7.37. The molecule has 1 N–H and O–H groups in total. The summed E-state index contributed by atoms with van der Waals surface area (Å²) in [6.07, 6.45) is 1.84. The molecule has 0 saturated carbocycles. The first-order chi connectivity index (χ1) is 8.56. The summed E-state index contributed by atoms with van der Waals surface area (Å²) >= 11 is 5.69. The Hall–Kier alpha value is -1.09. The van der Waals surface area contributed by atoms with Gasteiger partial charge in [-0.25, -0.2) is 4.39 Å². The second-order valence-corrected chi connectivity index (χ2v) is 4.86. The van der Waals surface area contributed by atoms with Crippen LogP contribution >= 0.6 is 11.6 Å². The van der Waals surface area contributed by atoms with Gasteiger partial charge in [-0.3, -0.25) is 4.79 Å². The van der Waals surface area contributed by atoms with Gasteiger partial charge >= 0.3 is 0 Å². The summed E-state index contributed by atoms with van der Waals surface area (Å²) in [5.74, 6) is 0.354.